The van der Waals surface area contributed by atoms with Gasteiger partial charge in [0.05, 0.1) is 6.10 Å². The number of fused-ring (bicyclic) bond motifs is 5. The van der Waals surface area contributed by atoms with Crippen molar-refractivity contribution in [2.24, 2.45) is 28.6 Å². The molecule has 4 rings (SSSR count). The molecule has 0 aliphatic heterocycles. The third-order valence-electron chi connectivity index (χ3n) is 9.45. The quantitative estimate of drug-likeness (QED) is 0.567. The van der Waals surface area contributed by atoms with Crippen LogP contribution in [0.3, 0.4) is 0 Å². The molecule has 6 atom stereocenters. The number of carbonyl (C=O) groups excluding carboxylic acids is 1. The molecule has 4 aliphatic rings. The van der Waals surface area contributed by atoms with Crippen molar-refractivity contribution in [2.45, 2.75) is 92.1 Å². The van der Waals surface area contributed by atoms with Crippen molar-refractivity contribution in [1.82, 2.24) is 4.90 Å². The van der Waals surface area contributed by atoms with Gasteiger partial charge in [-0.3, -0.25) is 9.35 Å². The van der Waals surface area contributed by atoms with E-state index < -0.39 is 16.5 Å². The van der Waals surface area contributed by atoms with Gasteiger partial charge in [0.1, 0.15) is 0 Å². The average molecular weight is 470 g/mol. The van der Waals surface area contributed by atoms with E-state index in [1.165, 1.54) is 25.2 Å². The van der Waals surface area contributed by atoms with Crippen molar-refractivity contribution in [3.8, 4) is 0 Å². The lowest BCUT2D eigenvalue weighted by Gasteiger charge is -2.57. The molecule has 0 aromatic rings. The third-order valence-corrected chi connectivity index (χ3v) is 9.93. The van der Waals surface area contributed by atoms with E-state index >= 15 is 0 Å². The highest BCUT2D eigenvalue weighted by molar-refractivity contribution is 7.80. The first-order chi connectivity index (χ1) is 15.0. The predicted octanol–water partition coefficient (Wildman–Crippen LogP) is 5.05. The maximum atomic E-state index is 11.9. The molecule has 6 nitrogen and oxygen atoms in total. The Labute approximate surface area is 195 Å². The Hall–Kier alpha value is -0.760. The fourth-order valence-corrected chi connectivity index (χ4v) is 8.10. The van der Waals surface area contributed by atoms with Gasteiger partial charge in [-0.05, 0) is 99.2 Å². The standard InChI is InChI=1S/C19H28O5S.C6H15N/c1-18-9-7-13(20)11-12(18)3-4-14-15-5-6-17(24-25(21,22)23)19(15,2)10-8-16(14)18;1-4-7(5-2)6-3/h11,14-17H,3-10H2,1-2H3,(H,21,22,23);4-6H2,1-3H3/t14-,15-,16-,17-,18-,19-;/m0./s1. The molecule has 32 heavy (non-hydrogen) atoms. The van der Waals surface area contributed by atoms with Crippen molar-refractivity contribution in [1.29, 1.82) is 0 Å². The highest BCUT2D eigenvalue weighted by Gasteiger charge is 2.60. The van der Waals surface area contributed by atoms with E-state index in [0.717, 1.165) is 38.5 Å². The molecule has 3 fully saturated rings. The molecule has 0 bridgehead atoms. The van der Waals surface area contributed by atoms with Gasteiger partial charge >= 0.3 is 10.4 Å². The Balaban J connectivity index is 0.000000360. The van der Waals surface area contributed by atoms with E-state index in [0.29, 0.717) is 30.6 Å². The van der Waals surface area contributed by atoms with Gasteiger partial charge in [0.15, 0.2) is 5.78 Å². The topological polar surface area (TPSA) is 83.9 Å². The largest absolute Gasteiger partial charge is 0.397 e. The smallest absolute Gasteiger partial charge is 0.304 e. The van der Waals surface area contributed by atoms with Gasteiger partial charge in [-0.25, -0.2) is 4.18 Å². The lowest BCUT2D eigenvalue weighted by molar-refractivity contribution is -0.117. The van der Waals surface area contributed by atoms with Gasteiger partial charge in [-0.15, -0.1) is 0 Å². The monoisotopic (exact) mass is 469 g/mol. The fraction of sp³-hybridized carbons (Fsp3) is 0.880. The maximum absolute atomic E-state index is 11.9. The number of allylic oxidation sites excluding steroid dienone is 1. The minimum atomic E-state index is -4.41. The van der Waals surface area contributed by atoms with Crippen molar-refractivity contribution in [3.63, 3.8) is 0 Å². The number of rotatable bonds is 5. The van der Waals surface area contributed by atoms with Crippen molar-refractivity contribution in [2.75, 3.05) is 19.6 Å². The van der Waals surface area contributed by atoms with E-state index in [-0.39, 0.29) is 16.6 Å². The van der Waals surface area contributed by atoms with E-state index in [2.05, 4.69) is 39.5 Å². The van der Waals surface area contributed by atoms with E-state index in [4.69, 9.17) is 8.74 Å². The van der Waals surface area contributed by atoms with Gasteiger partial charge in [0, 0.05) is 6.42 Å². The summed E-state index contributed by atoms with van der Waals surface area (Å²) in [5, 5.41) is 0. The molecular weight excluding hydrogens is 426 g/mol. The van der Waals surface area contributed by atoms with Crippen LogP contribution >= 0.6 is 0 Å². The second-order valence-corrected chi connectivity index (χ2v) is 11.8. The lowest BCUT2D eigenvalue weighted by atomic mass is 9.47. The van der Waals surface area contributed by atoms with E-state index in [1.807, 2.05) is 6.08 Å². The van der Waals surface area contributed by atoms with Crippen LogP contribution in [-0.4, -0.2) is 49.4 Å². The second-order valence-electron chi connectivity index (χ2n) is 10.7. The molecule has 4 aliphatic carbocycles. The molecule has 184 valence electrons. The molecular formula is C25H43NO5S. The minimum Gasteiger partial charge on any atom is -0.304 e. The Morgan fingerprint density at radius 1 is 1.00 bits per heavy atom. The number of hydrogen-bond acceptors (Lipinski definition) is 5. The number of hydrogen-bond donors (Lipinski definition) is 1. The highest BCUT2D eigenvalue weighted by atomic mass is 32.3. The van der Waals surface area contributed by atoms with Crippen LogP contribution < -0.4 is 0 Å². The summed E-state index contributed by atoms with van der Waals surface area (Å²) < 4.78 is 36.7. The maximum Gasteiger partial charge on any atom is 0.397 e. The van der Waals surface area contributed by atoms with Crippen LogP contribution in [-0.2, 0) is 19.4 Å². The van der Waals surface area contributed by atoms with E-state index in [9.17, 15) is 13.2 Å². The summed E-state index contributed by atoms with van der Waals surface area (Å²) >= 11 is 0. The zero-order valence-electron chi connectivity index (χ0n) is 20.6. The van der Waals surface area contributed by atoms with Crippen LogP contribution in [0.5, 0.6) is 0 Å². The molecule has 0 aromatic carbocycles. The normalized spacial score (nSPS) is 38.8. The molecule has 0 aromatic heterocycles. The van der Waals surface area contributed by atoms with Crippen LogP contribution in [0.1, 0.15) is 86.0 Å². The molecule has 0 heterocycles. The number of nitrogens with zero attached hydrogens (tertiary/aromatic N) is 1. The Kier molecular flexibility index (Phi) is 7.96. The number of carbonyl (C=O) groups is 1. The SMILES string of the molecule is CCN(CC)CC.C[C@]12CC[C@H]3[C@@H](CCC4=CC(=O)CC[C@@]43C)[C@@H]1CC[C@@H]2OS(=O)(=O)O. The van der Waals surface area contributed by atoms with Crippen LogP contribution in [0, 0.1) is 28.6 Å². The number of ketones is 1. The van der Waals surface area contributed by atoms with Gasteiger partial charge in [0.2, 0.25) is 0 Å². The Morgan fingerprint density at radius 2 is 1.66 bits per heavy atom. The minimum absolute atomic E-state index is 0.125. The molecule has 0 saturated heterocycles. The summed E-state index contributed by atoms with van der Waals surface area (Å²) in [6, 6.07) is 0. The summed E-state index contributed by atoms with van der Waals surface area (Å²) in [5.41, 5.74) is 1.29. The first kappa shape index (κ1) is 25.9. The van der Waals surface area contributed by atoms with Gasteiger partial charge in [-0.2, -0.15) is 8.42 Å². The average Bonchev–Trinajstić information content (AvgIpc) is 3.05. The van der Waals surface area contributed by atoms with Crippen LogP contribution in [0.15, 0.2) is 11.6 Å². The van der Waals surface area contributed by atoms with Crippen LogP contribution in [0.4, 0.5) is 0 Å². The molecule has 0 amide bonds. The zero-order valence-corrected chi connectivity index (χ0v) is 21.4. The van der Waals surface area contributed by atoms with Gasteiger partial charge < -0.3 is 4.90 Å². The first-order valence-electron chi connectivity index (χ1n) is 12.6. The van der Waals surface area contributed by atoms with Crippen molar-refractivity contribution in [3.05, 3.63) is 11.6 Å². The van der Waals surface area contributed by atoms with Crippen LogP contribution in [0.25, 0.3) is 0 Å². The summed E-state index contributed by atoms with van der Waals surface area (Å²) in [6.07, 6.45) is 8.80. The molecule has 0 spiro atoms. The molecule has 1 N–H and O–H groups in total. The van der Waals surface area contributed by atoms with Crippen molar-refractivity contribution >= 4 is 16.2 Å². The molecule has 3 saturated carbocycles. The third kappa shape index (κ3) is 5.01. The molecule has 0 unspecified atom stereocenters. The zero-order chi connectivity index (χ0) is 23.7. The van der Waals surface area contributed by atoms with Gasteiger partial charge in [0.25, 0.3) is 0 Å². The summed E-state index contributed by atoms with van der Waals surface area (Å²) in [4.78, 5) is 14.2. The lowest BCUT2D eigenvalue weighted by Crippen LogP contribution is -2.51. The summed E-state index contributed by atoms with van der Waals surface area (Å²) in [5.74, 6) is 1.84. The fourth-order valence-electron chi connectivity index (χ4n) is 7.49. The molecule has 7 heteroatoms. The highest BCUT2D eigenvalue weighted by Crippen LogP contribution is 2.65. The summed E-state index contributed by atoms with van der Waals surface area (Å²) in [7, 11) is -4.41. The second kappa shape index (κ2) is 9.85. The Morgan fingerprint density at radius 3 is 2.22 bits per heavy atom. The molecule has 0 radical (unpaired) electrons. The first-order valence-corrected chi connectivity index (χ1v) is 14.0. The Bertz CT molecular complexity index is 815. The summed E-state index contributed by atoms with van der Waals surface area (Å²) in [6.45, 7) is 14.6. The van der Waals surface area contributed by atoms with E-state index in [1.54, 1.807) is 0 Å². The van der Waals surface area contributed by atoms with Crippen LogP contribution in [0.2, 0.25) is 0 Å². The predicted molar refractivity (Wildman–Crippen MR) is 127 cm³/mol. The van der Waals surface area contributed by atoms with Gasteiger partial charge in [-0.1, -0.05) is 40.2 Å². The van der Waals surface area contributed by atoms with Crippen molar-refractivity contribution < 1.29 is 21.9 Å².